The van der Waals surface area contributed by atoms with Gasteiger partial charge in [-0.15, -0.1) is 0 Å². The van der Waals surface area contributed by atoms with Crippen molar-refractivity contribution in [2.45, 2.75) is 12.3 Å². The van der Waals surface area contributed by atoms with Gasteiger partial charge in [-0.05, 0) is 11.6 Å². The van der Waals surface area contributed by atoms with E-state index in [-0.39, 0.29) is 16.1 Å². The molecule has 0 aliphatic rings. The number of alkyl halides is 3. The van der Waals surface area contributed by atoms with Gasteiger partial charge in [-0.3, -0.25) is 0 Å². The number of nitrogens with one attached hydrogen (secondary N) is 1. The van der Waals surface area contributed by atoms with Crippen molar-refractivity contribution >= 4 is 29.0 Å². The molecule has 1 unspecified atom stereocenters. The van der Waals surface area contributed by atoms with Gasteiger partial charge in [0, 0.05) is 0 Å². The van der Waals surface area contributed by atoms with Gasteiger partial charge in [0.05, 0.1) is 12.7 Å². The number of hydrogen-bond donors (Lipinski definition) is 2. The molecule has 0 bridgehead atoms. The molecule has 0 spiro atoms. The number of anilines is 1. The van der Waals surface area contributed by atoms with Crippen molar-refractivity contribution in [3.8, 4) is 0 Å². The number of hydrogen-bond acceptors (Lipinski definition) is 4. The fourth-order valence-electron chi connectivity index (χ4n) is 0.779. The second-order valence-electron chi connectivity index (χ2n) is 2.77. The molecule has 2 N–H and O–H groups in total. The molecule has 1 rings (SSSR count). The maximum absolute atomic E-state index is 11.9. The van der Waals surface area contributed by atoms with Gasteiger partial charge in [-0.2, -0.15) is 18.2 Å². The summed E-state index contributed by atoms with van der Waals surface area (Å²) in [4.78, 5) is 7.07. The van der Waals surface area contributed by atoms with Gasteiger partial charge >= 0.3 is 6.18 Å². The van der Waals surface area contributed by atoms with Crippen LogP contribution in [0.5, 0.6) is 0 Å². The highest BCUT2D eigenvalue weighted by atomic mass is 35.5. The first-order valence-corrected chi connectivity index (χ1v) is 4.73. The summed E-state index contributed by atoms with van der Waals surface area (Å²) in [5.74, 6) is -0.0648. The maximum Gasteiger partial charge on any atom is 0.416 e. The van der Waals surface area contributed by atoms with E-state index >= 15 is 0 Å². The SMILES string of the molecule is OC(CNc1nc(Cl)ncc1Cl)C(F)(F)F. The lowest BCUT2D eigenvalue weighted by Crippen LogP contribution is -2.35. The Labute approximate surface area is 98.4 Å². The summed E-state index contributed by atoms with van der Waals surface area (Å²) < 4.78 is 35.8. The van der Waals surface area contributed by atoms with Crippen molar-refractivity contribution in [2.75, 3.05) is 11.9 Å². The topological polar surface area (TPSA) is 58.0 Å². The highest BCUT2D eigenvalue weighted by molar-refractivity contribution is 6.33. The predicted molar refractivity (Wildman–Crippen MR) is 52.6 cm³/mol. The summed E-state index contributed by atoms with van der Waals surface area (Å²) in [6.45, 7) is -0.767. The largest absolute Gasteiger partial charge is 0.416 e. The first-order chi connectivity index (χ1) is 7.30. The molecule has 9 heteroatoms. The van der Waals surface area contributed by atoms with Gasteiger partial charge in [0.2, 0.25) is 5.28 Å². The van der Waals surface area contributed by atoms with E-state index in [2.05, 4.69) is 15.3 Å². The van der Waals surface area contributed by atoms with Crippen molar-refractivity contribution in [1.82, 2.24) is 9.97 Å². The van der Waals surface area contributed by atoms with Crippen LogP contribution in [-0.4, -0.2) is 33.9 Å². The molecule has 16 heavy (non-hydrogen) atoms. The monoisotopic (exact) mass is 275 g/mol. The van der Waals surface area contributed by atoms with Crippen molar-refractivity contribution in [3.05, 3.63) is 16.5 Å². The van der Waals surface area contributed by atoms with Crippen LogP contribution >= 0.6 is 23.2 Å². The van der Waals surface area contributed by atoms with E-state index in [0.29, 0.717) is 0 Å². The summed E-state index contributed by atoms with van der Waals surface area (Å²) in [7, 11) is 0. The predicted octanol–water partition coefficient (Wildman–Crippen LogP) is 2.12. The zero-order valence-electron chi connectivity index (χ0n) is 7.59. The van der Waals surface area contributed by atoms with Crippen LogP contribution in [0.15, 0.2) is 6.20 Å². The van der Waals surface area contributed by atoms with E-state index in [4.69, 9.17) is 28.3 Å². The zero-order chi connectivity index (χ0) is 12.3. The van der Waals surface area contributed by atoms with Gasteiger partial charge in [0.1, 0.15) is 10.8 Å². The fraction of sp³-hybridized carbons (Fsp3) is 0.429. The quantitative estimate of drug-likeness (QED) is 0.830. The highest BCUT2D eigenvalue weighted by Crippen LogP contribution is 2.22. The normalized spacial score (nSPS) is 13.6. The molecule has 4 nitrogen and oxygen atoms in total. The Morgan fingerprint density at radius 1 is 1.44 bits per heavy atom. The molecule has 1 heterocycles. The maximum atomic E-state index is 11.9. The molecule has 0 aromatic carbocycles. The third kappa shape index (κ3) is 3.66. The molecule has 0 saturated heterocycles. The third-order valence-corrected chi connectivity index (χ3v) is 2.01. The van der Waals surface area contributed by atoms with Crippen molar-refractivity contribution < 1.29 is 18.3 Å². The Balaban J connectivity index is 2.64. The number of aliphatic hydroxyl groups excluding tert-OH is 1. The first-order valence-electron chi connectivity index (χ1n) is 3.97. The van der Waals surface area contributed by atoms with Crippen LogP contribution < -0.4 is 5.32 Å². The van der Waals surface area contributed by atoms with Crippen LogP contribution in [0.2, 0.25) is 10.3 Å². The lowest BCUT2D eigenvalue weighted by molar-refractivity contribution is -0.198. The second kappa shape index (κ2) is 5.03. The lowest BCUT2D eigenvalue weighted by atomic mass is 10.3. The molecular formula is C7H6Cl2F3N3O. The Kier molecular flexibility index (Phi) is 4.17. The average Bonchev–Trinajstić information content (AvgIpc) is 2.17. The van der Waals surface area contributed by atoms with E-state index < -0.39 is 18.8 Å². The van der Waals surface area contributed by atoms with Crippen molar-refractivity contribution in [3.63, 3.8) is 0 Å². The molecule has 1 aromatic rings. The summed E-state index contributed by atoms with van der Waals surface area (Å²) in [6, 6.07) is 0. The molecule has 0 fully saturated rings. The summed E-state index contributed by atoms with van der Waals surface area (Å²) >= 11 is 11.0. The van der Waals surface area contributed by atoms with Crippen LogP contribution in [0.3, 0.4) is 0 Å². The van der Waals surface area contributed by atoms with E-state index in [1.165, 1.54) is 0 Å². The Hall–Kier alpha value is -0.790. The van der Waals surface area contributed by atoms with E-state index in [1.807, 2.05) is 0 Å². The summed E-state index contributed by atoms with van der Waals surface area (Å²) in [5, 5.41) is 10.8. The molecule has 90 valence electrons. The van der Waals surface area contributed by atoms with E-state index in [9.17, 15) is 13.2 Å². The van der Waals surface area contributed by atoms with Crippen molar-refractivity contribution in [2.24, 2.45) is 0 Å². The van der Waals surface area contributed by atoms with Crippen LogP contribution in [0, 0.1) is 0 Å². The van der Waals surface area contributed by atoms with Crippen LogP contribution in [0.25, 0.3) is 0 Å². The Bertz CT molecular complexity index is 374. The summed E-state index contributed by atoms with van der Waals surface area (Å²) in [5.41, 5.74) is 0. The minimum absolute atomic E-state index is 0.0128. The van der Waals surface area contributed by atoms with Crippen molar-refractivity contribution in [1.29, 1.82) is 0 Å². The minimum atomic E-state index is -4.70. The standard InChI is InChI=1S/C7H6Cl2F3N3O/c8-3-1-14-6(9)15-5(3)13-2-4(16)7(10,11)12/h1,4,16H,2H2,(H,13,14,15). The average molecular weight is 276 g/mol. The van der Waals surface area contributed by atoms with E-state index in [0.717, 1.165) is 6.20 Å². The summed E-state index contributed by atoms with van der Waals surface area (Å²) in [6.07, 6.45) is -6.06. The fourth-order valence-corrected chi connectivity index (χ4v) is 1.07. The first kappa shape index (κ1) is 13.3. The Morgan fingerprint density at radius 2 is 2.06 bits per heavy atom. The third-order valence-electron chi connectivity index (χ3n) is 1.56. The molecule has 1 aromatic heterocycles. The van der Waals surface area contributed by atoms with Crippen LogP contribution in [-0.2, 0) is 0 Å². The molecule has 0 amide bonds. The lowest BCUT2D eigenvalue weighted by Gasteiger charge is -2.15. The minimum Gasteiger partial charge on any atom is -0.382 e. The van der Waals surface area contributed by atoms with Gasteiger partial charge in [0.25, 0.3) is 0 Å². The highest BCUT2D eigenvalue weighted by Gasteiger charge is 2.37. The van der Waals surface area contributed by atoms with E-state index in [1.54, 1.807) is 0 Å². The van der Waals surface area contributed by atoms with Crippen LogP contribution in [0.4, 0.5) is 19.0 Å². The molecule has 0 aliphatic carbocycles. The molecule has 0 saturated carbocycles. The zero-order valence-corrected chi connectivity index (χ0v) is 9.11. The Morgan fingerprint density at radius 3 is 2.62 bits per heavy atom. The second-order valence-corrected chi connectivity index (χ2v) is 3.52. The smallest absolute Gasteiger partial charge is 0.382 e. The number of aliphatic hydroxyl groups is 1. The van der Waals surface area contributed by atoms with Gasteiger partial charge in [-0.25, -0.2) is 4.98 Å². The molecule has 0 radical (unpaired) electrons. The van der Waals surface area contributed by atoms with Gasteiger partial charge < -0.3 is 10.4 Å². The molecule has 0 aliphatic heterocycles. The van der Waals surface area contributed by atoms with Gasteiger partial charge in [0.15, 0.2) is 6.10 Å². The number of nitrogens with zero attached hydrogens (tertiary/aromatic N) is 2. The van der Waals surface area contributed by atoms with Crippen LogP contribution in [0.1, 0.15) is 0 Å². The number of aromatic nitrogens is 2. The molecule has 1 atom stereocenters. The number of rotatable bonds is 3. The number of halogens is 5. The van der Waals surface area contributed by atoms with Gasteiger partial charge in [-0.1, -0.05) is 11.6 Å². The molecular weight excluding hydrogens is 270 g/mol.